The maximum absolute atomic E-state index is 12.7. The molecule has 0 saturated heterocycles. The van der Waals surface area contributed by atoms with E-state index in [4.69, 9.17) is 0 Å². The fourth-order valence-corrected chi connectivity index (χ4v) is 2.88. The number of carbonyl (C=O) groups is 1. The molecule has 0 radical (unpaired) electrons. The quantitative estimate of drug-likeness (QED) is 0.576. The molecule has 6 nitrogen and oxygen atoms in total. The van der Waals surface area contributed by atoms with Crippen LogP contribution in [0, 0.1) is 13.8 Å². The Hall–Kier alpha value is -3.54. The smallest absolute Gasteiger partial charge is 0.198 e. The van der Waals surface area contributed by atoms with Gasteiger partial charge >= 0.3 is 0 Å². The Bertz CT molecular complexity index is 1150. The van der Waals surface area contributed by atoms with Crippen LogP contribution in [-0.4, -0.2) is 30.6 Å². The number of aryl methyl sites for hydroxylation is 2. The lowest BCUT2D eigenvalue weighted by atomic mass is 10.0. The Kier molecular flexibility index (Phi) is 3.73. The summed E-state index contributed by atoms with van der Waals surface area (Å²) in [4.78, 5) is 21.5. The van der Waals surface area contributed by atoms with E-state index in [1.54, 1.807) is 35.1 Å². The van der Waals surface area contributed by atoms with Crippen molar-refractivity contribution in [2.24, 2.45) is 0 Å². The number of phenolic OH excluding ortho intramolecular Hbond substituents is 1. The lowest BCUT2D eigenvalue weighted by molar-refractivity contribution is 0.103. The molecule has 3 heterocycles. The Morgan fingerprint density at radius 2 is 1.88 bits per heavy atom. The lowest BCUT2D eigenvalue weighted by Crippen LogP contribution is -2.04. The molecule has 0 aliphatic rings. The summed E-state index contributed by atoms with van der Waals surface area (Å²) in [7, 11) is 0. The Labute approximate surface area is 149 Å². The highest BCUT2D eigenvalue weighted by atomic mass is 16.3. The van der Waals surface area contributed by atoms with Crippen LogP contribution >= 0.6 is 0 Å². The van der Waals surface area contributed by atoms with E-state index in [1.807, 2.05) is 26.0 Å². The first-order valence-corrected chi connectivity index (χ1v) is 8.15. The summed E-state index contributed by atoms with van der Waals surface area (Å²) < 4.78 is 1.67. The number of pyridine rings is 2. The molecule has 3 aromatic heterocycles. The maximum Gasteiger partial charge on any atom is 0.198 e. The van der Waals surface area contributed by atoms with Crippen LogP contribution in [0.15, 0.2) is 54.9 Å². The SMILES string of the molecule is Cc1ccnc(-n2nc(C)c3cc(C(=O)c4ccccc4O)cnc32)c1. The molecule has 4 aromatic rings. The van der Waals surface area contributed by atoms with E-state index in [0.29, 0.717) is 17.0 Å². The molecule has 0 aliphatic carbocycles. The first-order chi connectivity index (χ1) is 12.5. The summed E-state index contributed by atoms with van der Waals surface area (Å²) in [6.07, 6.45) is 3.23. The van der Waals surface area contributed by atoms with Crippen LogP contribution in [-0.2, 0) is 0 Å². The van der Waals surface area contributed by atoms with Crippen LogP contribution in [0.2, 0.25) is 0 Å². The van der Waals surface area contributed by atoms with Gasteiger partial charge in [0.1, 0.15) is 5.75 Å². The summed E-state index contributed by atoms with van der Waals surface area (Å²) in [6.45, 7) is 3.85. The topological polar surface area (TPSA) is 80.9 Å². The van der Waals surface area contributed by atoms with E-state index in [-0.39, 0.29) is 17.1 Å². The van der Waals surface area contributed by atoms with Gasteiger partial charge in [-0.15, -0.1) is 0 Å². The minimum atomic E-state index is -0.279. The van der Waals surface area contributed by atoms with E-state index in [1.165, 1.54) is 12.3 Å². The van der Waals surface area contributed by atoms with Crippen molar-refractivity contribution < 1.29 is 9.90 Å². The molecule has 0 unspecified atom stereocenters. The van der Waals surface area contributed by atoms with Gasteiger partial charge in [-0.3, -0.25) is 4.79 Å². The molecule has 0 fully saturated rings. The summed E-state index contributed by atoms with van der Waals surface area (Å²) in [5.74, 6) is 0.350. The highest BCUT2D eigenvalue weighted by Gasteiger charge is 2.17. The van der Waals surface area contributed by atoms with Crippen LogP contribution in [0.5, 0.6) is 5.75 Å². The van der Waals surface area contributed by atoms with E-state index in [2.05, 4.69) is 15.1 Å². The Balaban J connectivity index is 1.83. The molecular weight excluding hydrogens is 328 g/mol. The second-order valence-electron chi connectivity index (χ2n) is 6.13. The van der Waals surface area contributed by atoms with E-state index >= 15 is 0 Å². The maximum atomic E-state index is 12.7. The molecule has 0 spiro atoms. The first kappa shape index (κ1) is 16.0. The van der Waals surface area contributed by atoms with Crippen molar-refractivity contribution in [1.82, 2.24) is 19.7 Å². The van der Waals surface area contributed by atoms with Crippen molar-refractivity contribution >= 4 is 16.8 Å². The Morgan fingerprint density at radius 3 is 2.65 bits per heavy atom. The molecule has 1 aromatic carbocycles. The largest absolute Gasteiger partial charge is 0.507 e. The first-order valence-electron chi connectivity index (χ1n) is 8.15. The predicted octanol–water partition coefficient (Wildman–Crippen LogP) is 3.37. The lowest BCUT2D eigenvalue weighted by Gasteiger charge is -2.05. The van der Waals surface area contributed by atoms with Gasteiger partial charge in [-0.25, -0.2) is 9.97 Å². The number of para-hydroxylation sites is 1. The molecule has 1 N–H and O–H groups in total. The van der Waals surface area contributed by atoms with Gasteiger partial charge in [0.25, 0.3) is 0 Å². The number of ketones is 1. The van der Waals surface area contributed by atoms with Crippen molar-refractivity contribution in [2.45, 2.75) is 13.8 Å². The summed E-state index contributed by atoms with van der Waals surface area (Å²) >= 11 is 0. The highest BCUT2D eigenvalue weighted by molar-refractivity contribution is 6.11. The van der Waals surface area contributed by atoms with Gasteiger partial charge in [-0.2, -0.15) is 9.78 Å². The standard InChI is InChI=1S/C20H16N4O2/c1-12-7-8-21-18(9-12)24-20-16(13(2)23-24)10-14(11-22-20)19(26)15-5-3-4-6-17(15)25/h3-11,25H,1-2H3. The van der Waals surface area contributed by atoms with Crippen LogP contribution < -0.4 is 0 Å². The molecule has 128 valence electrons. The number of phenols is 1. The number of aromatic nitrogens is 4. The second kappa shape index (κ2) is 6.07. The minimum absolute atomic E-state index is 0.0472. The molecule has 0 bridgehead atoms. The van der Waals surface area contributed by atoms with Crippen molar-refractivity contribution in [1.29, 1.82) is 0 Å². The van der Waals surface area contributed by atoms with Gasteiger partial charge in [0.05, 0.1) is 11.3 Å². The fraction of sp³-hybridized carbons (Fsp3) is 0.100. The predicted molar refractivity (Wildman–Crippen MR) is 97.7 cm³/mol. The number of rotatable bonds is 3. The molecule has 0 amide bonds. The second-order valence-corrected chi connectivity index (χ2v) is 6.13. The fourth-order valence-electron chi connectivity index (χ4n) is 2.88. The number of benzene rings is 1. The van der Waals surface area contributed by atoms with Gasteiger partial charge in [0, 0.05) is 23.3 Å². The third-order valence-corrected chi connectivity index (χ3v) is 4.24. The average molecular weight is 344 g/mol. The van der Waals surface area contributed by atoms with Crippen molar-refractivity contribution in [2.75, 3.05) is 0 Å². The van der Waals surface area contributed by atoms with E-state index < -0.39 is 0 Å². The zero-order valence-electron chi connectivity index (χ0n) is 14.3. The monoisotopic (exact) mass is 344 g/mol. The molecule has 4 rings (SSSR count). The van der Waals surface area contributed by atoms with E-state index in [0.717, 1.165) is 16.6 Å². The summed E-state index contributed by atoms with van der Waals surface area (Å²) in [6, 6.07) is 12.1. The molecule has 26 heavy (non-hydrogen) atoms. The molecular formula is C20H16N4O2. The number of hydrogen-bond donors (Lipinski definition) is 1. The van der Waals surface area contributed by atoms with Crippen LogP contribution in [0.4, 0.5) is 0 Å². The van der Waals surface area contributed by atoms with Crippen molar-refractivity contribution in [3.05, 3.63) is 77.2 Å². The third-order valence-electron chi connectivity index (χ3n) is 4.24. The molecule has 0 saturated carbocycles. The van der Waals surface area contributed by atoms with Gasteiger partial charge in [0.15, 0.2) is 17.2 Å². The van der Waals surface area contributed by atoms with Crippen molar-refractivity contribution in [3.8, 4) is 11.6 Å². The summed E-state index contributed by atoms with van der Waals surface area (Å²) in [5, 5.41) is 15.2. The van der Waals surface area contributed by atoms with Crippen LogP contribution in [0.3, 0.4) is 0 Å². The minimum Gasteiger partial charge on any atom is -0.507 e. The number of carbonyl (C=O) groups excluding carboxylic acids is 1. The van der Waals surface area contributed by atoms with Gasteiger partial charge in [-0.1, -0.05) is 12.1 Å². The zero-order valence-corrected chi connectivity index (χ0v) is 14.3. The normalized spacial score (nSPS) is 11.0. The molecule has 0 aliphatic heterocycles. The average Bonchev–Trinajstić information content (AvgIpc) is 2.98. The highest BCUT2D eigenvalue weighted by Crippen LogP contribution is 2.24. The van der Waals surface area contributed by atoms with Crippen LogP contribution in [0.1, 0.15) is 27.2 Å². The van der Waals surface area contributed by atoms with Crippen LogP contribution in [0.25, 0.3) is 16.9 Å². The van der Waals surface area contributed by atoms with Gasteiger partial charge < -0.3 is 5.11 Å². The third kappa shape index (κ3) is 2.61. The molecule has 0 atom stereocenters. The number of aromatic hydroxyl groups is 1. The van der Waals surface area contributed by atoms with Crippen molar-refractivity contribution in [3.63, 3.8) is 0 Å². The van der Waals surface area contributed by atoms with Gasteiger partial charge in [0.2, 0.25) is 0 Å². The molecule has 6 heteroatoms. The number of hydrogen-bond acceptors (Lipinski definition) is 5. The van der Waals surface area contributed by atoms with Gasteiger partial charge in [-0.05, 0) is 49.7 Å². The zero-order chi connectivity index (χ0) is 18.3. The number of nitrogens with zero attached hydrogens (tertiary/aromatic N) is 4. The van der Waals surface area contributed by atoms with E-state index in [9.17, 15) is 9.90 Å². The Morgan fingerprint density at radius 1 is 1.08 bits per heavy atom. The number of fused-ring (bicyclic) bond motifs is 1. The summed E-state index contributed by atoms with van der Waals surface area (Å²) in [5.41, 5.74) is 3.11.